The highest BCUT2D eigenvalue weighted by molar-refractivity contribution is 6.16. The second-order valence-electron chi connectivity index (χ2n) is 3.27. The van der Waals surface area contributed by atoms with Gasteiger partial charge in [0, 0.05) is 6.04 Å². The molecule has 4 heteroatoms. The molecule has 68 valence electrons. The Morgan fingerprint density at radius 1 is 1.50 bits per heavy atom. The molecule has 12 heavy (non-hydrogen) atoms. The van der Waals surface area contributed by atoms with Crippen molar-refractivity contribution < 1.29 is 0 Å². The van der Waals surface area contributed by atoms with Crippen molar-refractivity contribution >= 4 is 11.6 Å². The first kappa shape index (κ1) is 9.52. The van der Waals surface area contributed by atoms with Crippen LogP contribution in [0.5, 0.6) is 0 Å². The fraction of sp³-hybridized carbons (Fsp3) is 0.750. The Morgan fingerprint density at radius 3 is 2.67 bits per heavy atom. The molecule has 1 rings (SSSR count). The lowest BCUT2D eigenvalue weighted by molar-refractivity contribution is 0.399. The summed E-state index contributed by atoms with van der Waals surface area (Å²) >= 11 is 5.70. The SMILES string of the molecule is CC(C)C(C)n1cnnc1CCl. The molecule has 3 nitrogen and oxygen atoms in total. The molecule has 1 aromatic heterocycles. The van der Waals surface area contributed by atoms with Gasteiger partial charge in [0.2, 0.25) is 0 Å². The maximum Gasteiger partial charge on any atom is 0.148 e. The molecule has 0 saturated heterocycles. The van der Waals surface area contributed by atoms with Crippen molar-refractivity contribution in [1.29, 1.82) is 0 Å². The smallest absolute Gasteiger partial charge is 0.148 e. The van der Waals surface area contributed by atoms with E-state index in [0.29, 0.717) is 17.8 Å². The molecule has 0 spiro atoms. The Morgan fingerprint density at radius 2 is 2.17 bits per heavy atom. The van der Waals surface area contributed by atoms with Crippen LogP contribution in [-0.2, 0) is 5.88 Å². The molecule has 0 fully saturated rings. The minimum Gasteiger partial charge on any atom is -0.313 e. The van der Waals surface area contributed by atoms with Gasteiger partial charge in [-0.2, -0.15) is 0 Å². The molecule has 1 heterocycles. The average Bonchev–Trinajstić information content (AvgIpc) is 2.49. The lowest BCUT2D eigenvalue weighted by atomic mass is 10.1. The number of nitrogens with zero attached hydrogens (tertiary/aromatic N) is 3. The lowest BCUT2D eigenvalue weighted by Crippen LogP contribution is -2.12. The molecule has 0 amide bonds. The van der Waals surface area contributed by atoms with Crippen LogP contribution in [0.15, 0.2) is 6.33 Å². The summed E-state index contributed by atoms with van der Waals surface area (Å²) in [5, 5.41) is 7.74. The summed E-state index contributed by atoms with van der Waals surface area (Å²) in [6.45, 7) is 6.48. The van der Waals surface area contributed by atoms with Crippen molar-refractivity contribution in [3.05, 3.63) is 12.2 Å². The van der Waals surface area contributed by atoms with E-state index < -0.39 is 0 Å². The number of aromatic nitrogens is 3. The largest absolute Gasteiger partial charge is 0.313 e. The molecule has 0 bridgehead atoms. The van der Waals surface area contributed by atoms with Crippen molar-refractivity contribution in [2.75, 3.05) is 0 Å². The molecule has 0 aromatic carbocycles. The highest BCUT2D eigenvalue weighted by atomic mass is 35.5. The summed E-state index contributed by atoms with van der Waals surface area (Å²) < 4.78 is 2.03. The minimum atomic E-state index is 0.411. The summed E-state index contributed by atoms with van der Waals surface area (Å²) in [7, 11) is 0. The third kappa shape index (κ3) is 1.78. The van der Waals surface area contributed by atoms with Crippen LogP contribution in [0, 0.1) is 5.92 Å². The predicted molar refractivity (Wildman–Crippen MR) is 49.1 cm³/mol. The second kappa shape index (κ2) is 3.90. The maximum atomic E-state index is 5.70. The van der Waals surface area contributed by atoms with Gasteiger partial charge in [0.15, 0.2) is 0 Å². The van der Waals surface area contributed by atoms with Gasteiger partial charge in [-0.3, -0.25) is 0 Å². The molecule has 0 aliphatic carbocycles. The fourth-order valence-electron chi connectivity index (χ4n) is 1.02. The van der Waals surface area contributed by atoms with Gasteiger partial charge in [-0.05, 0) is 12.8 Å². The van der Waals surface area contributed by atoms with Crippen LogP contribution < -0.4 is 0 Å². The molecule has 0 aliphatic heterocycles. The van der Waals surface area contributed by atoms with Crippen molar-refractivity contribution in [3.8, 4) is 0 Å². The number of halogens is 1. The summed E-state index contributed by atoms with van der Waals surface area (Å²) in [4.78, 5) is 0. The Hall–Kier alpha value is -0.570. The third-order valence-corrected chi connectivity index (χ3v) is 2.41. The van der Waals surface area contributed by atoms with Crippen molar-refractivity contribution in [1.82, 2.24) is 14.8 Å². The topological polar surface area (TPSA) is 30.7 Å². The number of rotatable bonds is 3. The van der Waals surface area contributed by atoms with Crippen LogP contribution >= 0.6 is 11.6 Å². The van der Waals surface area contributed by atoms with Crippen LogP contribution in [0.4, 0.5) is 0 Å². The van der Waals surface area contributed by atoms with E-state index in [1.165, 1.54) is 0 Å². The Balaban J connectivity index is 2.86. The zero-order valence-electron chi connectivity index (χ0n) is 7.66. The Kier molecular flexibility index (Phi) is 3.09. The zero-order chi connectivity index (χ0) is 9.14. The maximum absolute atomic E-state index is 5.70. The molecule has 0 N–H and O–H groups in total. The second-order valence-corrected chi connectivity index (χ2v) is 3.54. The standard InChI is InChI=1S/C8H14ClN3/c1-6(2)7(3)12-5-10-11-8(12)4-9/h5-7H,4H2,1-3H3. The molecule has 0 radical (unpaired) electrons. The van der Waals surface area contributed by atoms with Gasteiger partial charge < -0.3 is 4.57 Å². The van der Waals surface area contributed by atoms with Crippen molar-refractivity contribution in [2.45, 2.75) is 32.7 Å². The Labute approximate surface area is 77.8 Å². The Bertz CT molecular complexity index is 244. The summed E-state index contributed by atoms with van der Waals surface area (Å²) in [5.41, 5.74) is 0. The van der Waals surface area contributed by atoms with E-state index in [2.05, 4.69) is 31.0 Å². The van der Waals surface area contributed by atoms with E-state index in [1.54, 1.807) is 6.33 Å². The van der Waals surface area contributed by atoms with E-state index in [9.17, 15) is 0 Å². The van der Waals surface area contributed by atoms with E-state index in [4.69, 9.17) is 11.6 Å². The number of hydrogen-bond acceptors (Lipinski definition) is 2. The average molecular weight is 188 g/mol. The van der Waals surface area contributed by atoms with Crippen molar-refractivity contribution in [3.63, 3.8) is 0 Å². The van der Waals surface area contributed by atoms with Crippen LogP contribution in [0.1, 0.15) is 32.6 Å². The van der Waals surface area contributed by atoms with Gasteiger partial charge in [0.05, 0.1) is 5.88 Å². The van der Waals surface area contributed by atoms with Crippen LogP contribution in [0.3, 0.4) is 0 Å². The van der Waals surface area contributed by atoms with E-state index in [1.807, 2.05) is 4.57 Å². The highest BCUT2D eigenvalue weighted by Crippen LogP contribution is 2.17. The van der Waals surface area contributed by atoms with Gasteiger partial charge in [0.25, 0.3) is 0 Å². The summed E-state index contributed by atoms with van der Waals surface area (Å²) in [6.07, 6.45) is 1.74. The van der Waals surface area contributed by atoms with Crippen LogP contribution in [0.25, 0.3) is 0 Å². The van der Waals surface area contributed by atoms with E-state index in [0.717, 1.165) is 5.82 Å². The number of hydrogen-bond donors (Lipinski definition) is 0. The molecular weight excluding hydrogens is 174 g/mol. The monoisotopic (exact) mass is 187 g/mol. The summed E-state index contributed by atoms with van der Waals surface area (Å²) in [6, 6.07) is 0.411. The van der Waals surface area contributed by atoms with E-state index >= 15 is 0 Å². The van der Waals surface area contributed by atoms with E-state index in [-0.39, 0.29) is 0 Å². The van der Waals surface area contributed by atoms with Crippen LogP contribution in [0.2, 0.25) is 0 Å². The molecule has 0 aliphatic rings. The lowest BCUT2D eigenvalue weighted by Gasteiger charge is -2.17. The fourth-order valence-corrected chi connectivity index (χ4v) is 1.22. The molecule has 1 aromatic rings. The van der Waals surface area contributed by atoms with Crippen molar-refractivity contribution in [2.24, 2.45) is 5.92 Å². The normalized spacial score (nSPS) is 13.8. The quantitative estimate of drug-likeness (QED) is 0.680. The van der Waals surface area contributed by atoms with Gasteiger partial charge in [-0.1, -0.05) is 13.8 Å². The molecular formula is C8H14ClN3. The van der Waals surface area contributed by atoms with Gasteiger partial charge in [0.1, 0.15) is 12.2 Å². The first-order valence-electron chi connectivity index (χ1n) is 4.11. The molecule has 0 saturated carbocycles. The first-order valence-corrected chi connectivity index (χ1v) is 4.64. The van der Waals surface area contributed by atoms with Gasteiger partial charge >= 0.3 is 0 Å². The minimum absolute atomic E-state index is 0.411. The summed E-state index contributed by atoms with van der Waals surface area (Å²) in [5.74, 6) is 1.85. The predicted octanol–water partition coefficient (Wildman–Crippen LogP) is 2.23. The van der Waals surface area contributed by atoms with Gasteiger partial charge in [-0.25, -0.2) is 0 Å². The third-order valence-electron chi connectivity index (χ3n) is 2.17. The zero-order valence-corrected chi connectivity index (χ0v) is 8.41. The molecule has 1 unspecified atom stereocenters. The van der Waals surface area contributed by atoms with Crippen LogP contribution in [-0.4, -0.2) is 14.8 Å². The van der Waals surface area contributed by atoms with Gasteiger partial charge in [-0.15, -0.1) is 21.8 Å². The highest BCUT2D eigenvalue weighted by Gasteiger charge is 2.12. The molecule has 1 atom stereocenters. The number of alkyl halides is 1. The first-order chi connectivity index (χ1) is 5.66.